The van der Waals surface area contributed by atoms with Crippen LogP contribution in [0.4, 0.5) is 0 Å². The molecule has 0 aromatic rings. The van der Waals surface area contributed by atoms with E-state index in [0.29, 0.717) is 6.54 Å². The number of hydrogen-bond acceptors (Lipinski definition) is 4. The maximum Gasteiger partial charge on any atom is 0.109 e. The Morgan fingerprint density at radius 1 is 1.67 bits per heavy atom. The van der Waals surface area contributed by atoms with E-state index in [1.165, 1.54) is 0 Å². The second-order valence-corrected chi connectivity index (χ2v) is 5.20. The van der Waals surface area contributed by atoms with Crippen molar-refractivity contribution >= 4 is 8.22 Å². The molecule has 1 rings (SSSR count). The highest BCUT2D eigenvalue weighted by molar-refractivity contribution is 7.53. The number of rotatable bonds is 3. The van der Waals surface area contributed by atoms with Crippen LogP contribution in [0.25, 0.3) is 0 Å². The van der Waals surface area contributed by atoms with Gasteiger partial charge in [0.05, 0.1) is 6.61 Å². The third-order valence-corrected chi connectivity index (χ3v) is 4.34. The summed E-state index contributed by atoms with van der Waals surface area (Å²) in [6.45, 7) is 0.874. The number of nitrogens with one attached hydrogen (secondary N) is 1. The Kier molecular flexibility index (Phi) is 4.40. The summed E-state index contributed by atoms with van der Waals surface area (Å²) in [4.78, 5) is 0. The lowest BCUT2D eigenvalue weighted by atomic mass is 10.3. The van der Waals surface area contributed by atoms with E-state index < -0.39 is 8.22 Å². The van der Waals surface area contributed by atoms with E-state index >= 15 is 0 Å². The minimum absolute atomic E-state index is 0.188. The van der Waals surface area contributed by atoms with Gasteiger partial charge >= 0.3 is 0 Å². The number of aliphatic hydroxyl groups excluding tert-OH is 2. The van der Waals surface area contributed by atoms with Gasteiger partial charge in [-0.05, 0) is 26.1 Å². The van der Waals surface area contributed by atoms with E-state index in [1.807, 2.05) is 7.05 Å². The van der Waals surface area contributed by atoms with Crippen LogP contribution in [0.1, 0.15) is 12.8 Å². The lowest BCUT2D eigenvalue weighted by molar-refractivity contribution is 0.146. The molecule has 0 aliphatic carbocycles. The van der Waals surface area contributed by atoms with Crippen molar-refractivity contribution < 1.29 is 10.2 Å². The molecule has 2 unspecified atom stereocenters. The van der Waals surface area contributed by atoms with Crippen LogP contribution in [0.3, 0.4) is 0 Å². The first-order valence-corrected chi connectivity index (χ1v) is 5.75. The summed E-state index contributed by atoms with van der Waals surface area (Å²) in [6, 6.07) is 0. The van der Waals surface area contributed by atoms with Gasteiger partial charge in [0.15, 0.2) is 0 Å². The fourth-order valence-electron chi connectivity index (χ4n) is 1.27. The van der Waals surface area contributed by atoms with Gasteiger partial charge in [0.2, 0.25) is 0 Å². The lowest BCUT2D eigenvalue weighted by Gasteiger charge is -2.33. The van der Waals surface area contributed by atoms with Crippen LogP contribution in [0.5, 0.6) is 0 Å². The zero-order chi connectivity index (χ0) is 8.97. The molecule has 5 heteroatoms. The maximum absolute atomic E-state index is 9.31. The summed E-state index contributed by atoms with van der Waals surface area (Å²) in [5.41, 5.74) is 0. The van der Waals surface area contributed by atoms with Crippen LogP contribution in [-0.2, 0) is 0 Å². The minimum atomic E-state index is -0.405. The Labute approximate surface area is 74.4 Å². The molecule has 0 amide bonds. The summed E-state index contributed by atoms with van der Waals surface area (Å²) in [5, 5.41) is 21.2. The molecule has 0 aromatic heterocycles. The average molecular weight is 192 g/mol. The van der Waals surface area contributed by atoms with Crippen molar-refractivity contribution in [1.82, 2.24) is 9.76 Å². The molecule has 72 valence electrons. The van der Waals surface area contributed by atoms with Gasteiger partial charge in [0.25, 0.3) is 0 Å². The first-order chi connectivity index (χ1) is 5.74. The molecular formula is C7H17N2O2P. The fourth-order valence-corrected chi connectivity index (χ4v) is 3.22. The van der Waals surface area contributed by atoms with Gasteiger partial charge in [0, 0.05) is 14.8 Å². The maximum atomic E-state index is 9.31. The van der Waals surface area contributed by atoms with Gasteiger partial charge in [-0.1, -0.05) is 0 Å². The number of nitrogens with zero attached hydrogens (tertiary/aromatic N) is 1. The Hall–Kier alpha value is 0.270. The van der Waals surface area contributed by atoms with Gasteiger partial charge in [-0.25, -0.2) is 0 Å². The van der Waals surface area contributed by atoms with Crippen LogP contribution < -0.4 is 5.09 Å². The molecule has 1 heterocycles. The van der Waals surface area contributed by atoms with Crippen molar-refractivity contribution in [2.75, 3.05) is 26.4 Å². The van der Waals surface area contributed by atoms with Crippen molar-refractivity contribution in [3.8, 4) is 0 Å². The first kappa shape index (κ1) is 10.4. The smallest absolute Gasteiger partial charge is 0.109 e. The van der Waals surface area contributed by atoms with Gasteiger partial charge in [-0.15, -0.1) is 0 Å². The summed E-state index contributed by atoms with van der Waals surface area (Å²) in [6.07, 6.45) is 2.70. The lowest BCUT2D eigenvalue weighted by Crippen LogP contribution is -2.35. The predicted molar refractivity (Wildman–Crippen MR) is 49.9 cm³/mol. The van der Waals surface area contributed by atoms with Crippen LogP contribution in [0.15, 0.2) is 0 Å². The largest absolute Gasteiger partial charge is 0.395 e. The van der Waals surface area contributed by atoms with Crippen LogP contribution in [0.2, 0.25) is 0 Å². The standard InChI is InChI=1S/C7H17N2O2P/c1-9(4-5-10)12-6-2-3-7(11)8-12/h7-8,10-11H,2-6H2,1H3. The van der Waals surface area contributed by atoms with E-state index in [2.05, 4.69) is 9.76 Å². The zero-order valence-corrected chi connectivity index (χ0v) is 8.30. The molecule has 0 spiro atoms. The van der Waals surface area contributed by atoms with Gasteiger partial charge in [0.1, 0.15) is 6.23 Å². The third-order valence-electron chi connectivity index (χ3n) is 1.98. The summed E-state index contributed by atoms with van der Waals surface area (Å²) in [5.74, 6) is 0. The van der Waals surface area contributed by atoms with E-state index in [4.69, 9.17) is 5.11 Å². The predicted octanol–water partition coefficient (Wildman–Crippen LogP) is -0.0758. The highest BCUT2D eigenvalue weighted by Gasteiger charge is 2.21. The first-order valence-electron chi connectivity index (χ1n) is 4.27. The minimum Gasteiger partial charge on any atom is -0.395 e. The molecule has 4 nitrogen and oxygen atoms in total. The second kappa shape index (κ2) is 5.10. The average Bonchev–Trinajstić information content (AvgIpc) is 2.05. The Bertz CT molecular complexity index is 137. The molecule has 1 fully saturated rings. The normalized spacial score (nSPS) is 31.0. The molecule has 1 aliphatic heterocycles. The Balaban J connectivity index is 2.29. The summed E-state index contributed by atoms with van der Waals surface area (Å²) >= 11 is 0. The highest BCUT2D eigenvalue weighted by Crippen LogP contribution is 2.38. The van der Waals surface area contributed by atoms with Crippen LogP contribution >= 0.6 is 8.22 Å². The van der Waals surface area contributed by atoms with Crippen molar-refractivity contribution in [3.63, 3.8) is 0 Å². The topological polar surface area (TPSA) is 55.7 Å². The molecular weight excluding hydrogens is 175 g/mol. The van der Waals surface area contributed by atoms with Gasteiger partial charge in [-0.2, -0.15) is 0 Å². The molecule has 0 aromatic carbocycles. The van der Waals surface area contributed by atoms with Crippen molar-refractivity contribution in [2.24, 2.45) is 0 Å². The highest BCUT2D eigenvalue weighted by atomic mass is 31.1. The SMILES string of the molecule is CN(CCO)P1CCCC(O)N1. The molecule has 1 saturated heterocycles. The van der Waals surface area contributed by atoms with Crippen molar-refractivity contribution in [3.05, 3.63) is 0 Å². The molecule has 0 bridgehead atoms. The zero-order valence-electron chi connectivity index (χ0n) is 7.40. The molecule has 3 N–H and O–H groups in total. The monoisotopic (exact) mass is 192 g/mol. The summed E-state index contributed by atoms with van der Waals surface area (Å²) < 4.78 is 2.09. The van der Waals surface area contributed by atoms with E-state index in [-0.39, 0.29) is 12.8 Å². The Morgan fingerprint density at radius 3 is 3.00 bits per heavy atom. The molecule has 1 aliphatic rings. The number of aliphatic hydroxyl groups is 2. The Morgan fingerprint density at radius 2 is 2.42 bits per heavy atom. The third kappa shape index (κ3) is 2.96. The molecule has 12 heavy (non-hydrogen) atoms. The number of hydrogen-bond donors (Lipinski definition) is 3. The fraction of sp³-hybridized carbons (Fsp3) is 1.00. The van der Waals surface area contributed by atoms with Crippen LogP contribution in [0, 0.1) is 0 Å². The second-order valence-electron chi connectivity index (χ2n) is 3.02. The molecule has 0 saturated carbocycles. The van der Waals surface area contributed by atoms with E-state index in [1.54, 1.807) is 0 Å². The summed E-state index contributed by atoms with van der Waals surface area (Å²) in [7, 11) is 1.57. The van der Waals surface area contributed by atoms with E-state index in [0.717, 1.165) is 19.0 Å². The van der Waals surface area contributed by atoms with E-state index in [9.17, 15) is 5.11 Å². The number of likely N-dealkylation sites (N-methyl/N-ethyl adjacent to an activating group) is 1. The molecule has 0 radical (unpaired) electrons. The van der Waals surface area contributed by atoms with Crippen LogP contribution in [-0.4, -0.2) is 47.5 Å². The van der Waals surface area contributed by atoms with Gasteiger partial charge < -0.3 is 10.2 Å². The van der Waals surface area contributed by atoms with Crippen molar-refractivity contribution in [2.45, 2.75) is 19.1 Å². The quantitative estimate of drug-likeness (QED) is 0.548. The van der Waals surface area contributed by atoms with Gasteiger partial charge in [-0.3, -0.25) is 9.76 Å². The van der Waals surface area contributed by atoms with Crippen molar-refractivity contribution in [1.29, 1.82) is 0 Å². The molecule has 2 atom stereocenters.